The molecule has 0 radical (unpaired) electrons. The number of H-pyrrole nitrogens is 1. The zero-order valence-corrected chi connectivity index (χ0v) is 7.74. The van der Waals surface area contributed by atoms with Gasteiger partial charge in [0.15, 0.2) is 5.65 Å². The Morgan fingerprint density at radius 3 is 2.79 bits per heavy atom. The normalized spacial score (nSPS) is 10.1. The molecule has 0 aromatic carbocycles. The highest BCUT2D eigenvalue weighted by Crippen LogP contribution is 2.17. The minimum absolute atomic E-state index is 0.413. The van der Waals surface area contributed by atoms with E-state index in [9.17, 15) is 0 Å². The van der Waals surface area contributed by atoms with Crippen LogP contribution in [0.2, 0.25) is 0 Å². The maximum Gasteiger partial charge on any atom is 0.309 e. The first-order valence-electron chi connectivity index (χ1n) is 4.02. The molecule has 0 fully saturated rings. The first-order valence-corrected chi connectivity index (χ1v) is 4.02. The predicted molar refractivity (Wildman–Crippen MR) is 49.9 cm³/mol. The standard InChI is InChI=1S/C7H7N7/c1-3-9-5-6(10-3)11-4(2)12-7(5)13-14-8/h8H,1-2H3/p+1. The molecule has 2 rings (SSSR count). The van der Waals surface area contributed by atoms with E-state index >= 15 is 0 Å². The second-order valence-corrected chi connectivity index (χ2v) is 2.85. The van der Waals surface area contributed by atoms with E-state index in [1.54, 1.807) is 6.92 Å². The first kappa shape index (κ1) is 8.37. The molecular weight excluding hydrogens is 182 g/mol. The van der Waals surface area contributed by atoms with Crippen LogP contribution >= 0.6 is 0 Å². The van der Waals surface area contributed by atoms with Crippen LogP contribution in [0.5, 0.6) is 0 Å². The van der Waals surface area contributed by atoms with Gasteiger partial charge in [-0.1, -0.05) is 0 Å². The number of aryl methyl sites for hydroxylation is 2. The van der Waals surface area contributed by atoms with Gasteiger partial charge in [0.25, 0.3) is 5.39 Å². The SMILES string of the molecule is Cc1nc(N[N+]#N)c2[nH]c(C)nc2n1. The van der Waals surface area contributed by atoms with Gasteiger partial charge in [0, 0.05) is 5.43 Å². The van der Waals surface area contributed by atoms with Gasteiger partial charge in [-0.15, -0.1) is 0 Å². The third kappa shape index (κ3) is 1.22. The highest BCUT2D eigenvalue weighted by atomic mass is 15.3. The zero-order valence-electron chi connectivity index (χ0n) is 7.74. The van der Waals surface area contributed by atoms with Crippen molar-refractivity contribution in [1.82, 2.24) is 19.9 Å². The number of hydrogen-bond acceptors (Lipinski definition) is 5. The highest BCUT2D eigenvalue weighted by molar-refractivity contribution is 5.83. The Labute approximate surface area is 79.2 Å². The monoisotopic (exact) mass is 190 g/mol. The van der Waals surface area contributed by atoms with E-state index in [0.717, 1.165) is 5.82 Å². The number of aromatic nitrogens is 4. The maximum absolute atomic E-state index is 8.40. The van der Waals surface area contributed by atoms with Gasteiger partial charge in [-0.25, -0.2) is 15.0 Å². The van der Waals surface area contributed by atoms with Crippen molar-refractivity contribution < 1.29 is 0 Å². The number of nitrogens with one attached hydrogen (secondary N) is 2. The summed E-state index contributed by atoms with van der Waals surface area (Å²) in [6, 6.07) is 0. The van der Waals surface area contributed by atoms with Crippen LogP contribution in [0.4, 0.5) is 5.82 Å². The number of nitrogens with zero attached hydrogens (tertiary/aromatic N) is 5. The summed E-state index contributed by atoms with van der Waals surface area (Å²) in [6.45, 7) is 3.56. The number of aromatic amines is 1. The second-order valence-electron chi connectivity index (χ2n) is 2.85. The van der Waals surface area contributed by atoms with E-state index in [1.165, 1.54) is 0 Å². The molecule has 0 spiro atoms. The Balaban J connectivity index is 2.74. The minimum atomic E-state index is 0.413. The molecule has 7 heteroatoms. The van der Waals surface area contributed by atoms with E-state index in [-0.39, 0.29) is 0 Å². The third-order valence-electron chi connectivity index (χ3n) is 1.74. The number of imidazole rings is 1. The van der Waals surface area contributed by atoms with Crippen LogP contribution in [-0.2, 0) is 0 Å². The van der Waals surface area contributed by atoms with Crippen molar-refractivity contribution in [3.8, 4) is 0 Å². The molecule has 0 saturated carbocycles. The molecule has 7 nitrogen and oxygen atoms in total. The van der Waals surface area contributed by atoms with Gasteiger partial charge >= 0.3 is 5.08 Å². The summed E-state index contributed by atoms with van der Waals surface area (Å²) in [4.78, 5) is 15.3. The van der Waals surface area contributed by atoms with Crippen LogP contribution in [0.3, 0.4) is 0 Å². The van der Waals surface area contributed by atoms with Gasteiger partial charge in [0.2, 0.25) is 5.82 Å². The molecule has 0 aliphatic carbocycles. The fourth-order valence-electron chi connectivity index (χ4n) is 1.25. The van der Waals surface area contributed by atoms with Crippen molar-refractivity contribution in [3.63, 3.8) is 0 Å². The molecule has 0 aliphatic rings. The molecule has 0 bridgehead atoms. The predicted octanol–water partition coefficient (Wildman–Crippen LogP) is 1.15. The van der Waals surface area contributed by atoms with Crippen LogP contribution in [0.15, 0.2) is 0 Å². The molecule has 2 aromatic heterocycles. The molecule has 2 aromatic rings. The van der Waals surface area contributed by atoms with E-state index in [0.29, 0.717) is 22.8 Å². The summed E-state index contributed by atoms with van der Waals surface area (Å²) < 4.78 is 0. The van der Waals surface area contributed by atoms with Gasteiger partial charge < -0.3 is 4.98 Å². The Hall–Kier alpha value is -2.23. The quantitative estimate of drug-likeness (QED) is 0.519. The molecule has 0 aliphatic heterocycles. The van der Waals surface area contributed by atoms with Gasteiger partial charge in [-0.05, 0) is 13.8 Å². The molecular formula is C7H8N7+. The van der Waals surface area contributed by atoms with Gasteiger partial charge in [-0.2, -0.15) is 0 Å². The molecule has 0 saturated heterocycles. The van der Waals surface area contributed by atoms with Gasteiger partial charge in [0.1, 0.15) is 17.2 Å². The summed E-state index contributed by atoms with van der Waals surface area (Å²) in [5.41, 5.74) is 3.55. The van der Waals surface area contributed by atoms with Crippen molar-refractivity contribution in [1.29, 1.82) is 5.39 Å². The van der Waals surface area contributed by atoms with Crippen molar-refractivity contribution in [2.75, 3.05) is 5.43 Å². The molecule has 2 N–H and O–H groups in total. The van der Waals surface area contributed by atoms with Crippen LogP contribution in [0, 0.1) is 19.2 Å². The van der Waals surface area contributed by atoms with Gasteiger partial charge in [0.05, 0.1) is 0 Å². The average molecular weight is 190 g/mol. The summed E-state index contributed by atoms with van der Waals surface area (Å²) in [7, 11) is 0. The Morgan fingerprint density at radius 1 is 1.29 bits per heavy atom. The zero-order chi connectivity index (χ0) is 10.1. The number of diazo groups is 1. The Bertz CT molecular complexity index is 521. The van der Waals surface area contributed by atoms with Gasteiger partial charge in [-0.3, -0.25) is 0 Å². The van der Waals surface area contributed by atoms with Crippen molar-refractivity contribution >= 4 is 17.0 Å². The van der Waals surface area contributed by atoms with Crippen LogP contribution in [-0.4, -0.2) is 19.9 Å². The Kier molecular flexibility index (Phi) is 1.74. The van der Waals surface area contributed by atoms with E-state index in [1.807, 2.05) is 6.92 Å². The summed E-state index contributed by atoms with van der Waals surface area (Å²) in [5.74, 6) is 1.71. The highest BCUT2D eigenvalue weighted by Gasteiger charge is 2.12. The molecule has 0 atom stereocenters. The lowest BCUT2D eigenvalue weighted by Gasteiger charge is -1.93. The first-order chi connectivity index (χ1) is 6.70. The van der Waals surface area contributed by atoms with E-state index in [4.69, 9.17) is 5.39 Å². The van der Waals surface area contributed by atoms with E-state index in [2.05, 4.69) is 30.4 Å². The largest absolute Gasteiger partial charge is 0.338 e. The number of rotatable bonds is 1. The maximum atomic E-state index is 8.40. The van der Waals surface area contributed by atoms with Crippen LogP contribution in [0.1, 0.15) is 11.6 Å². The number of hydrogen-bond donors (Lipinski definition) is 2. The number of fused-ring (bicyclic) bond motifs is 1. The van der Waals surface area contributed by atoms with Crippen LogP contribution in [0.25, 0.3) is 16.2 Å². The molecule has 14 heavy (non-hydrogen) atoms. The molecule has 0 amide bonds. The summed E-state index contributed by atoms with van der Waals surface area (Å²) in [6.07, 6.45) is 0. The fourth-order valence-corrected chi connectivity index (χ4v) is 1.25. The van der Waals surface area contributed by atoms with Crippen molar-refractivity contribution in [2.24, 2.45) is 0 Å². The topological polar surface area (TPSA) is 94.6 Å². The molecule has 2 heterocycles. The van der Waals surface area contributed by atoms with Crippen molar-refractivity contribution in [3.05, 3.63) is 16.7 Å². The molecule has 70 valence electrons. The second kappa shape index (κ2) is 2.92. The molecule has 0 unspecified atom stereocenters. The van der Waals surface area contributed by atoms with Crippen molar-refractivity contribution in [2.45, 2.75) is 13.8 Å². The smallest absolute Gasteiger partial charge is 0.309 e. The third-order valence-corrected chi connectivity index (χ3v) is 1.74. The summed E-state index contributed by atoms with van der Waals surface area (Å²) >= 11 is 0. The lowest BCUT2D eigenvalue weighted by Crippen LogP contribution is -1.95. The average Bonchev–Trinajstić information content (AvgIpc) is 2.45. The van der Waals surface area contributed by atoms with E-state index < -0.39 is 0 Å². The summed E-state index contributed by atoms with van der Waals surface area (Å²) in [5, 5.41) is 11.2. The lowest BCUT2D eigenvalue weighted by molar-refractivity contribution is 1.08. The van der Waals surface area contributed by atoms with Crippen LogP contribution < -0.4 is 5.43 Å². The number of anilines is 1. The minimum Gasteiger partial charge on any atom is -0.338 e. The fraction of sp³-hybridized carbons (Fsp3) is 0.286. The lowest BCUT2D eigenvalue weighted by atomic mass is 10.5. The Morgan fingerprint density at radius 2 is 2.07 bits per heavy atom.